The van der Waals surface area contributed by atoms with Gasteiger partial charge in [-0.3, -0.25) is 4.79 Å². The molecular weight excluding hydrogens is 545 g/mol. The van der Waals surface area contributed by atoms with Crippen molar-refractivity contribution in [1.29, 1.82) is 0 Å². The molecule has 7 nitrogen and oxygen atoms in total. The molecule has 4 aromatic rings. The molecule has 0 atom stereocenters. The SMILES string of the molecule is O=C(CN(Cc1ccc(Cl)cc1)S(=O)(=O)c1ccc(Cl)cc1)N/N=C\c1cccc(Oc2ccccc2)c1. The molecule has 0 saturated carbocycles. The fourth-order valence-corrected chi connectivity index (χ4v) is 5.07. The molecule has 1 N–H and O–H groups in total. The molecule has 194 valence electrons. The van der Waals surface area contributed by atoms with Crippen molar-refractivity contribution in [2.24, 2.45) is 5.10 Å². The van der Waals surface area contributed by atoms with Crippen molar-refractivity contribution >= 4 is 45.3 Å². The summed E-state index contributed by atoms with van der Waals surface area (Å²) in [5, 5.41) is 4.91. The topological polar surface area (TPSA) is 88.1 Å². The van der Waals surface area contributed by atoms with Crippen molar-refractivity contribution in [1.82, 2.24) is 9.73 Å². The number of benzene rings is 4. The third-order valence-corrected chi connectivity index (χ3v) is 7.59. The van der Waals surface area contributed by atoms with Gasteiger partial charge in [0.15, 0.2) is 0 Å². The maximum absolute atomic E-state index is 13.4. The molecule has 4 aromatic carbocycles. The molecule has 10 heteroatoms. The summed E-state index contributed by atoms with van der Waals surface area (Å²) in [7, 11) is -4.02. The molecule has 4 rings (SSSR count). The van der Waals surface area contributed by atoms with Crippen molar-refractivity contribution in [2.45, 2.75) is 11.4 Å². The van der Waals surface area contributed by atoms with E-state index >= 15 is 0 Å². The summed E-state index contributed by atoms with van der Waals surface area (Å²) in [5.41, 5.74) is 3.75. The number of hydrogen-bond acceptors (Lipinski definition) is 5. The minimum Gasteiger partial charge on any atom is -0.457 e. The van der Waals surface area contributed by atoms with Crippen LogP contribution in [0.4, 0.5) is 0 Å². The summed E-state index contributed by atoms with van der Waals surface area (Å²) in [6.45, 7) is -0.500. The number of para-hydroxylation sites is 1. The lowest BCUT2D eigenvalue weighted by molar-refractivity contribution is -0.121. The van der Waals surface area contributed by atoms with Crippen LogP contribution in [0.1, 0.15) is 11.1 Å². The average Bonchev–Trinajstić information content (AvgIpc) is 2.90. The number of hydrogen-bond donors (Lipinski definition) is 1. The Morgan fingerprint density at radius 1 is 0.842 bits per heavy atom. The highest BCUT2D eigenvalue weighted by atomic mass is 35.5. The Hall–Kier alpha value is -3.69. The number of carbonyl (C=O) groups is 1. The molecule has 0 spiro atoms. The number of hydrazone groups is 1. The van der Waals surface area contributed by atoms with E-state index in [0.717, 1.165) is 4.31 Å². The maximum Gasteiger partial charge on any atom is 0.255 e. The van der Waals surface area contributed by atoms with Gasteiger partial charge in [-0.25, -0.2) is 13.8 Å². The molecule has 0 bridgehead atoms. The highest BCUT2D eigenvalue weighted by Gasteiger charge is 2.27. The number of ether oxygens (including phenoxy) is 1. The molecular formula is C28H23Cl2N3O4S. The van der Waals surface area contributed by atoms with E-state index in [2.05, 4.69) is 10.5 Å². The van der Waals surface area contributed by atoms with Gasteiger partial charge in [-0.2, -0.15) is 9.41 Å². The number of halogens is 2. The fourth-order valence-electron chi connectivity index (χ4n) is 3.43. The van der Waals surface area contributed by atoms with Crippen LogP contribution in [-0.4, -0.2) is 31.4 Å². The lowest BCUT2D eigenvalue weighted by Crippen LogP contribution is -2.39. The Morgan fingerprint density at radius 3 is 2.16 bits per heavy atom. The maximum atomic E-state index is 13.4. The highest BCUT2D eigenvalue weighted by Crippen LogP contribution is 2.22. The first-order valence-corrected chi connectivity index (χ1v) is 13.6. The van der Waals surface area contributed by atoms with Crippen LogP contribution in [0.15, 0.2) is 113 Å². The Balaban J connectivity index is 1.45. The molecule has 38 heavy (non-hydrogen) atoms. The predicted octanol–water partition coefficient (Wildman–Crippen LogP) is 6.13. The third kappa shape index (κ3) is 7.66. The molecule has 0 aliphatic carbocycles. The first kappa shape index (κ1) is 27.3. The van der Waals surface area contributed by atoms with Gasteiger partial charge in [0, 0.05) is 16.6 Å². The molecule has 0 aliphatic rings. The van der Waals surface area contributed by atoms with Crippen molar-refractivity contribution in [3.8, 4) is 11.5 Å². The Labute approximate surface area is 231 Å². The number of nitrogens with one attached hydrogen (secondary N) is 1. The van der Waals surface area contributed by atoms with Gasteiger partial charge in [-0.15, -0.1) is 0 Å². The summed E-state index contributed by atoms with van der Waals surface area (Å²) < 4.78 is 33.6. The van der Waals surface area contributed by atoms with Gasteiger partial charge in [0.2, 0.25) is 10.0 Å². The van der Waals surface area contributed by atoms with Crippen molar-refractivity contribution in [3.63, 3.8) is 0 Å². The van der Waals surface area contributed by atoms with Gasteiger partial charge in [-0.05, 0) is 71.8 Å². The summed E-state index contributed by atoms with van der Waals surface area (Å²) >= 11 is 11.9. The van der Waals surface area contributed by atoms with Gasteiger partial charge in [-0.1, -0.05) is 65.7 Å². The highest BCUT2D eigenvalue weighted by molar-refractivity contribution is 7.89. The fraction of sp³-hybridized carbons (Fsp3) is 0.0714. The monoisotopic (exact) mass is 567 g/mol. The van der Waals surface area contributed by atoms with E-state index in [1.807, 2.05) is 30.3 Å². The summed E-state index contributed by atoms with van der Waals surface area (Å²) in [4.78, 5) is 12.7. The number of rotatable bonds is 10. The second-order valence-corrected chi connectivity index (χ2v) is 10.9. The zero-order valence-electron chi connectivity index (χ0n) is 20.0. The van der Waals surface area contributed by atoms with E-state index < -0.39 is 22.5 Å². The van der Waals surface area contributed by atoms with Crippen molar-refractivity contribution in [2.75, 3.05) is 6.54 Å². The van der Waals surface area contributed by atoms with Gasteiger partial charge in [0.05, 0.1) is 17.7 Å². The molecule has 0 aliphatic heterocycles. The Morgan fingerprint density at radius 2 is 1.47 bits per heavy atom. The smallest absolute Gasteiger partial charge is 0.255 e. The first-order chi connectivity index (χ1) is 18.3. The number of amides is 1. The third-order valence-electron chi connectivity index (χ3n) is 5.28. The molecule has 0 fully saturated rings. The van der Waals surface area contributed by atoms with Crippen LogP contribution in [-0.2, 0) is 21.4 Å². The number of carbonyl (C=O) groups excluding carboxylic acids is 1. The van der Waals surface area contributed by atoms with Gasteiger partial charge in [0.25, 0.3) is 5.91 Å². The van der Waals surface area contributed by atoms with Crippen LogP contribution in [0, 0.1) is 0 Å². The van der Waals surface area contributed by atoms with E-state index in [0.29, 0.717) is 32.7 Å². The van der Waals surface area contributed by atoms with E-state index in [1.165, 1.54) is 30.5 Å². The standard InChI is InChI=1S/C28H23Cl2N3O4S/c29-23-11-9-21(10-12-23)19-33(38(35,36)27-15-13-24(30)14-16-27)20-28(34)32-31-18-22-5-4-8-26(17-22)37-25-6-2-1-3-7-25/h1-18H,19-20H2,(H,32,34)/b31-18-. The summed E-state index contributed by atoms with van der Waals surface area (Å²) in [6.07, 6.45) is 1.45. The van der Waals surface area contributed by atoms with E-state index in [9.17, 15) is 13.2 Å². The van der Waals surface area contributed by atoms with Crippen LogP contribution in [0.25, 0.3) is 0 Å². The molecule has 1 amide bonds. The van der Waals surface area contributed by atoms with Gasteiger partial charge < -0.3 is 4.74 Å². The average molecular weight is 568 g/mol. The van der Waals surface area contributed by atoms with Crippen molar-refractivity contribution in [3.05, 3.63) is 124 Å². The van der Waals surface area contributed by atoms with Gasteiger partial charge >= 0.3 is 0 Å². The minimum absolute atomic E-state index is 0.0161. The van der Waals surface area contributed by atoms with E-state index in [-0.39, 0.29) is 11.4 Å². The van der Waals surface area contributed by atoms with Crippen LogP contribution in [0.3, 0.4) is 0 Å². The second kappa shape index (κ2) is 12.7. The lowest BCUT2D eigenvalue weighted by atomic mass is 10.2. The van der Waals surface area contributed by atoms with Crippen LogP contribution >= 0.6 is 23.2 Å². The molecule has 0 unspecified atom stereocenters. The zero-order chi connectivity index (χ0) is 27.0. The predicted molar refractivity (Wildman–Crippen MR) is 149 cm³/mol. The Bertz CT molecular complexity index is 1510. The lowest BCUT2D eigenvalue weighted by Gasteiger charge is -2.21. The largest absolute Gasteiger partial charge is 0.457 e. The zero-order valence-corrected chi connectivity index (χ0v) is 22.3. The van der Waals surface area contributed by atoms with Crippen molar-refractivity contribution < 1.29 is 17.9 Å². The van der Waals surface area contributed by atoms with Gasteiger partial charge in [0.1, 0.15) is 11.5 Å². The Kier molecular flexibility index (Phi) is 9.15. The second-order valence-electron chi connectivity index (χ2n) is 8.13. The quantitative estimate of drug-likeness (QED) is 0.184. The normalized spacial score (nSPS) is 11.6. The van der Waals surface area contributed by atoms with Crippen LogP contribution in [0.2, 0.25) is 10.0 Å². The molecule has 0 saturated heterocycles. The van der Waals surface area contributed by atoms with Crippen LogP contribution < -0.4 is 10.2 Å². The van der Waals surface area contributed by atoms with E-state index in [4.69, 9.17) is 27.9 Å². The van der Waals surface area contributed by atoms with E-state index in [1.54, 1.807) is 48.5 Å². The number of sulfonamides is 1. The first-order valence-electron chi connectivity index (χ1n) is 11.4. The van der Waals surface area contributed by atoms with Crippen LogP contribution in [0.5, 0.6) is 11.5 Å². The molecule has 0 heterocycles. The molecule has 0 radical (unpaired) electrons. The number of nitrogens with zero attached hydrogens (tertiary/aromatic N) is 2. The summed E-state index contributed by atoms with van der Waals surface area (Å²) in [5.74, 6) is 0.691. The summed E-state index contributed by atoms with van der Waals surface area (Å²) in [6, 6.07) is 29.0. The minimum atomic E-state index is -4.02. The molecule has 0 aromatic heterocycles.